The number of aromatic nitrogens is 4. The highest BCUT2D eigenvalue weighted by molar-refractivity contribution is 6.62. The molecule has 3 heterocycles. The molecule has 2 aromatic rings. The van der Waals surface area contributed by atoms with E-state index < -0.39 is 0 Å². The third kappa shape index (κ3) is 3.92. The number of benzene rings is 1. The van der Waals surface area contributed by atoms with Gasteiger partial charge in [-0.2, -0.15) is 0 Å². The number of ether oxygens (including phenoxy) is 2. The first-order chi connectivity index (χ1) is 13.3. The Bertz CT molecular complexity index is 787. The molecule has 2 aliphatic rings. The second-order valence-electron chi connectivity index (χ2n) is 8.29. The molecule has 150 valence electrons. The normalized spacial score (nSPS) is 23.7. The van der Waals surface area contributed by atoms with Gasteiger partial charge in [0.25, 0.3) is 0 Å². The minimum Gasteiger partial charge on any atom is -0.485 e. The SMILES string of the molecule is CC1(C)OB(c2ccc(OCc3nnn(C4CCCCO4)n3)cc2)OC1(C)C. The summed E-state index contributed by atoms with van der Waals surface area (Å²) in [7, 11) is -0.379. The van der Waals surface area contributed by atoms with Gasteiger partial charge in [-0.25, -0.2) is 0 Å². The Morgan fingerprint density at radius 1 is 1.11 bits per heavy atom. The number of nitrogens with zero attached hydrogens (tertiary/aromatic N) is 4. The fraction of sp³-hybridized carbons (Fsp3) is 0.632. The van der Waals surface area contributed by atoms with Gasteiger partial charge in [-0.1, -0.05) is 12.1 Å². The molecule has 0 saturated carbocycles. The Labute approximate surface area is 165 Å². The second-order valence-corrected chi connectivity index (χ2v) is 8.29. The van der Waals surface area contributed by atoms with Crippen LogP contribution in [0.5, 0.6) is 5.75 Å². The molecule has 0 aliphatic carbocycles. The van der Waals surface area contributed by atoms with Crippen LogP contribution < -0.4 is 10.2 Å². The van der Waals surface area contributed by atoms with E-state index in [1.54, 1.807) is 4.80 Å². The first kappa shape index (κ1) is 19.4. The number of tetrazole rings is 1. The predicted octanol–water partition coefficient (Wildman–Crippen LogP) is 2.25. The van der Waals surface area contributed by atoms with E-state index in [9.17, 15) is 0 Å². The van der Waals surface area contributed by atoms with Crippen LogP contribution >= 0.6 is 0 Å². The van der Waals surface area contributed by atoms with E-state index in [2.05, 4.69) is 15.4 Å². The van der Waals surface area contributed by atoms with Crippen LogP contribution in [0.2, 0.25) is 0 Å². The third-order valence-electron chi connectivity index (χ3n) is 5.66. The van der Waals surface area contributed by atoms with Gasteiger partial charge in [0.1, 0.15) is 5.75 Å². The third-order valence-corrected chi connectivity index (χ3v) is 5.66. The van der Waals surface area contributed by atoms with Crippen molar-refractivity contribution in [2.75, 3.05) is 6.61 Å². The van der Waals surface area contributed by atoms with Crippen LogP contribution in [0.25, 0.3) is 0 Å². The Morgan fingerprint density at radius 2 is 1.82 bits per heavy atom. The van der Waals surface area contributed by atoms with Crippen molar-refractivity contribution < 1.29 is 18.8 Å². The summed E-state index contributed by atoms with van der Waals surface area (Å²) in [5.74, 6) is 1.26. The summed E-state index contributed by atoms with van der Waals surface area (Å²) in [6.07, 6.45) is 3.00. The molecule has 9 heteroatoms. The molecule has 8 nitrogen and oxygen atoms in total. The van der Waals surface area contributed by atoms with E-state index in [1.807, 2.05) is 52.0 Å². The summed E-state index contributed by atoms with van der Waals surface area (Å²) in [5.41, 5.74) is 0.253. The minimum absolute atomic E-state index is 0.116. The molecule has 0 bridgehead atoms. The zero-order chi connectivity index (χ0) is 19.8. The lowest BCUT2D eigenvalue weighted by molar-refractivity contribution is -0.0491. The van der Waals surface area contributed by atoms with E-state index in [-0.39, 0.29) is 31.2 Å². The van der Waals surface area contributed by atoms with Crippen LogP contribution in [0.4, 0.5) is 0 Å². The van der Waals surface area contributed by atoms with E-state index in [0.717, 1.165) is 37.1 Å². The number of hydrogen-bond donors (Lipinski definition) is 0. The van der Waals surface area contributed by atoms with Gasteiger partial charge in [-0.15, -0.1) is 15.0 Å². The van der Waals surface area contributed by atoms with Crippen LogP contribution in [0.1, 0.15) is 59.0 Å². The maximum absolute atomic E-state index is 6.07. The van der Waals surface area contributed by atoms with Gasteiger partial charge in [-0.3, -0.25) is 0 Å². The Balaban J connectivity index is 1.33. The fourth-order valence-corrected chi connectivity index (χ4v) is 3.19. The zero-order valence-corrected chi connectivity index (χ0v) is 16.9. The van der Waals surface area contributed by atoms with E-state index >= 15 is 0 Å². The van der Waals surface area contributed by atoms with Gasteiger partial charge in [0.15, 0.2) is 12.8 Å². The summed E-state index contributed by atoms with van der Waals surface area (Å²) < 4.78 is 23.6. The van der Waals surface area contributed by atoms with Crippen molar-refractivity contribution in [1.29, 1.82) is 0 Å². The van der Waals surface area contributed by atoms with E-state index in [0.29, 0.717) is 5.82 Å². The predicted molar refractivity (Wildman–Crippen MR) is 103 cm³/mol. The largest absolute Gasteiger partial charge is 0.494 e. The monoisotopic (exact) mass is 386 g/mol. The smallest absolute Gasteiger partial charge is 0.485 e. The zero-order valence-electron chi connectivity index (χ0n) is 16.9. The van der Waals surface area contributed by atoms with Crippen molar-refractivity contribution in [3.05, 3.63) is 30.1 Å². The van der Waals surface area contributed by atoms with Crippen molar-refractivity contribution >= 4 is 12.6 Å². The maximum Gasteiger partial charge on any atom is 0.494 e. The first-order valence-corrected chi connectivity index (χ1v) is 9.82. The molecule has 1 aromatic carbocycles. The molecule has 4 rings (SSSR count). The quantitative estimate of drug-likeness (QED) is 0.729. The van der Waals surface area contributed by atoms with Crippen molar-refractivity contribution in [3.63, 3.8) is 0 Å². The topological polar surface area (TPSA) is 80.5 Å². The lowest BCUT2D eigenvalue weighted by atomic mass is 9.79. The lowest BCUT2D eigenvalue weighted by Gasteiger charge is -2.32. The summed E-state index contributed by atoms with van der Waals surface area (Å²) in [5, 5.41) is 12.5. The average molecular weight is 386 g/mol. The van der Waals surface area contributed by atoms with Gasteiger partial charge in [-0.05, 0) is 69.8 Å². The van der Waals surface area contributed by atoms with Gasteiger partial charge < -0.3 is 18.8 Å². The summed E-state index contributed by atoms with van der Waals surface area (Å²) in [4.78, 5) is 1.54. The molecule has 0 amide bonds. The maximum atomic E-state index is 6.07. The first-order valence-electron chi connectivity index (χ1n) is 9.82. The van der Waals surface area contributed by atoms with E-state index in [1.165, 1.54) is 0 Å². The molecular weight excluding hydrogens is 359 g/mol. The van der Waals surface area contributed by atoms with Crippen LogP contribution in [-0.2, 0) is 20.7 Å². The Morgan fingerprint density at radius 3 is 2.46 bits per heavy atom. The molecule has 0 N–H and O–H groups in total. The van der Waals surface area contributed by atoms with Gasteiger partial charge >= 0.3 is 7.12 Å². The van der Waals surface area contributed by atoms with Crippen LogP contribution in [0.3, 0.4) is 0 Å². The standard InChI is InChI=1S/C19H27BN4O4/c1-18(2)19(3,4)28-20(27-18)14-8-10-15(11-9-14)26-13-16-21-23-24(22-16)17-7-5-6-12-25-17/h8-11,17H,5-7,12-13H2,1-4H3. The van der Waals surface area contributed by atoms with Crippen molar-refractivity contribution in [2.45, 2.75) is 71.0 Å². The summed E-state index contributed by atoms with van der Waals surface area (Å²) >= 11 is 0. The van der Waals surface area contributed by atoms with Crippen LogP contribution in [0.15, 0.2) is 24.3 Å². The molecular formula is C19H27BN4O4. The molecule has 0 radical (unpaired) electrons. The van der Waals surface area contributed by atoms with Crippen LogP contribution in [-0.4, -0.2) is 45.1 Å². The number of rotatable bonds is 5. The summed E-state index contributed by atoms with van der Waals surface area (Å²) in [6, 6.07) is 7.71. The number of hydrogen-bond acceptors (Lipinski definition) is 7. The lowest BCUT2D eigenvalue weighted by Crippen LogP contribution is -2.41. The van der Waals surface area contributed by atoms with Gasteiger partial charge in [0.2, 0.25) is 5.82 Å². The van der Waals surface area contributed by atoms with Crippen molar-refractivity contribution in [3.8, 4) is 5.75 Å². The summed E-state index contributed by atoms with van der Waals surface area (Å²) in [6.45, 7) is 9.17. The molecule has 2 aliphatic heterocycles. The van der Waals surface area contributed by atoms with E-state index in [4.69, 9.17) is 18.8 Å². The minimum atomic E-state index is -0.379. The van der Waals surface area contributed by atoms with Crippen molar-refractivity contribution in [1.82, 2.24) is 20.2 Å². The van der Waals surface area contributed by atoms with Crippen molar-refractivity contribution in [2.24, 2.45) is 0 Å². The second kappa shape index (κ2) is 7.46. The molecule has 0 spiro atoms. The highest BCUT2D eigenvalue weighted by atomic mass is 16.7. The molecule has 1 unspecified atom stereocenters. The molecule has 2 saturated heterocycles. The van der Waals surface area contributed by atoms with Crippen LogP contribution in [0, 0.1) is 0 Å². The Hall–Kier alpha value is -1.97. The fourth-order valence-electron chi connectivity index (χ4n) is 3.19. The average Bonchev–Trinajstić information content (AvgIpc) is 3.23. The molecule has 1 atom stereocenters. The highest BCUT2D eigenvalue weighted by Crippen LogP contribution is 2.36. The molecule has 28 heavy (non-hydrogen) atoms. The van der Waals surface area contributed by atoms with Gasteiger partial charge in [0.05, 0.1) is 11.2 Å². The molecule has 2 fully saturated rings. The molecule has 1 aromatic heterocycles. The van der Waals surface area contributed by atoms with Gasteiger partial charge in [0, 0.05) is 6.61 Å². The highest BCUT2D eigenvalue weighted by Gasteiger charge is 2.51. The Kier molecular flexibility index (Phi) is 5.16.